The van der Waals surface area contributed by atoms with Crippen molar-refractivity contribution in [3.05, 3.63) is 53.1 Å². The topological polar surface area (TPSA) is 44.5 Å². The highest BCUT2D eigenvalue weighted by molar-refractivity contribution is 5.58. The second-order valence-corrected chi connectivity index (χ2v) is 4.33. The standard InChI is InChI=1S/C14H11F2NO2/c15-10-1-2-13(11(16)5-10)19-14-4-9-7-18-6-8(9)3-12(14)17/h1-5H,6-7,17H2. The van der Waals surface area contributed by atoms with Crippen LogP contribution in [0.5, 0.6) is 11.5 Å². The largest absolute Gasteiger partial charge is 0.452 e. The molecule has 0 radical (unpaired) electrons. The maximum atomic E-state index is 13.5. The first kappa shape index (κ1) is 11.9. The molecule has 1 heterocycles. The van der Waals surface area contributed by atoms with Crippen LogP contribution in [0.4, 0.5) is 14.5 Å². The minimum absolute atomic E-state index is 0.0630. The van der Waals surface area contributed by atoms with Crippen LogP contribution < -0.4 is 10.5 Å². The van der Waals surface area contributed by atoms with E-state index in [1.165, 1.54) is 6.07 Å². The second-order valence-electron chi connectivity index (χ2n) is 4.33. The van der Waals surface area contributed by atoms with Crippen LogP contribution in [-0.2, 0) is 18.0 Å². The van der Waals surface area contributed by atoms with Gasteiger partial charge in [-0.3, -0.25) is 0 Å². The number of ether oxygens (including phenoxy) is 2. The van der Waals surface area contributed by atoms with Crippen molar-refractivity contribution in [1.82, 2.24) is 0 Å². The van der Waals surface area contributed by atoms with Crippen molar-refractivity contribution < 1.29 is 18.3 Å². The van der Waals surface area contributed by atoms with Gasteiger partial charge in [0.25, 0.3) is 0 Å². The molecule has 5 heteroatoms. The van der Waals surface area contributed by atoms with E-state index in [0.29, 0.717) is 24.7 Å². The zero-order chi connectivity index (χ0) is 13.4. The molecule has 2 N–H and O–H groups in total. The molecule has 2 aromatic carbocycles. The number of nitrogen functional groups attached to an aromatic ring is 1. The summed E-state index contributed by atoms with van der Waals surface area (Å²) in [5.41, 5.74) is 8.21. The Hall–Kier alpha value is -2.14. The molecule has 0 fully saturated rings. The molecule has 0 saturated carbocycles. The number of hydrogen-bond donors (Lipinski definition) is 1. The molecule has 0 unspecified atom stereocenters. The van der Waals surface area contributed by atoms with E-state index in [4.69, 9.17) is 15.2 Å². The van der Waals surface area contributed by atoms with Crippen LogP contribution in [0, 0.1) is 11.6 Å². The summed E-state index contributed by atoms with van der Waals surface area (Å²) in [7, 11) is 0. The molecular weight excluding hydrogens is 252 g/mol. The van der Waals surface area contributed by atoms with E-state index >= 15 is 0 Å². The van der Waals surface area contributed by atoms with Crippen molar-refractivity contribution in [3.8, 4) is 11.5 Å². The van der Waals surface area contributed by atoms with Crippen molar-refractivity contribution >= 4 is 5.69 Å². The Morgan fingerprint density at radius 1 is 1.00 bits per heavy atom. The number of hydrogen-bond acceptors (Lipinski definition) is 3. The molecule has 3 nitrogen and oxygen atoms in total. The first-order chi connectivity index (χ1) is 9.13. The molecule has 3 rings (SSSR count). The molecule has 0 atom stereocenters. The lowest BCUT2D eigenvalue weighted by atomic mass is 10.1. The number of nitrogens with two attached hydrogens (primary N) is 1. The summed E-state index contributed by atoms with van der Waals surface area (Å²) >= 11 is 0. The van der Waals surface area contributed by atoms with Gasteiger partial charge in [0.1, 0.15) is 5.82 Å². The molecule has 19 heavy (non-hydrogen) atoms. The summed E-state index contributed by atoms with van der Waals surface area (Å²) in [5, 5.41) is 0. The van der Waals surface area contributed by atoms with Crippen LogP contribution in [0.1, 0.15) is 11.1 Å². The summed E-state index contributed by atoms with van der Waals surface area (Å²) in [6.45, 7) is 1.00. The zero-order valence-corrected chi connectivity index (χ0v) is 9.95. The maximum Gasteiger partial charge on any atom is 0.168 e. The molecule has 0 bridgehead atoms. The van der Waals surface area contributed by atoms with Crippen LogP contribution in [0.25, 0.3) is 0 Å². The third kappa shape index (κ3) is 2.24. The minimum atomic E-state index is -0.767. The first-order valence-electron chi connectivity index (χ1n) is 5.75. The molecule has 0 amide bonds. The Bertz CT molecular complexity index is 644. The van der Waals surface area contributed by atoms with Gasteiger partial charge in [0.15, 0.2) is 17.3 Å². The number of rotatable bonds is 2. The number of anilines is 1. The van der Waals surface area contributed by atoms with E-state index in [-0.39, 0.29) is 5.75 Å². The van der Waals surface area contributed by atoms with Gasteiger partial charge in [-0.1, -0.05) is 0 Å². The van der Waals surface area contributed by atoms with Gasteiger partial charge in [0.05, 0.1) is 18.9 Å². The lowest BCUT2D eigenvalue weighted by molar-refractivity contribution is 0.134. The van der Waals surface area contributed by atoms with E-state index in [2.05, 4.69) is 0 Å². The Labute approximate surface area is 108 Å². The molecule has 98 valence electrons. The lowest BCUT2D eigenvalue weighted by Crippen LogP contribution is -1.96. The van der Waals surface area contributed by atoms with Crippen molar-refractivity contribution in [1.29, 1.82) is 0 Å². The maximum absolute atomic E-state index is 13.5. The van der Waals surface area contributed by atoms with Crippen molar-refractivity contribution in [2.75, 3.05) is 5.73 Å². The molecule has 2 aromatic rings. The molecular formula is C14H11F2NO2. The summed E-state index contributed by atoms with van der Waals surface area (Å²) in [5.74, 6) is -1.14. The molecule has 0 spiro atoms. The average Bonchev–Trinajstić information content (AvgIpc) is 2.80. The molecule has 0 saturated heterocycles. The monoisotopic (exact) mass is 263 g/mol. The summed E-state index contributed by atoms with van der Waals surface area (Å²) < 4.78 is 37.0. The van der Waals surface area contributed by atoms with Crippen LogP contribution >= 0.6 is 0 Å². The lowest BCUT2D eigenvalue weighted by Gasteiger charge is -2.11. The van der Waals surface area contributed by atoms with E-state index in [0.717, 1.165) is 23.3 Å². The van der Waals surface area contributed by atoms with Crippen molar-refractivity contribution in [3.63, 3.8) is 0 Å². The van der Waals surface area contributed by atoms with Crippen LogP contribution in [0.2, 0.25) is 0 Å². The Morgan fingerprint density at radius 2 is 1.74 bits per heavy atom. The van der Waals surface area contributed by atoms with Crippen LogP contribution in [-0.4, -0.2) is 0 Å². The fourth-order valence-corrected chi connectivity index (χ4v) is 1.99. The highest BCUT2D eigenvalue weighted by Gasteiger charge is 2.16. The van der Waals surface area contributed by atoms with Crippen molar-refractivity contribution in [2.24, 2.45) is 0 Å². The number of benzene rings is 2. The van der Waals surface area contributed by atoms with Crippen LogP contribution in [0.3, 0.4) is 0 Å². The average molecular weight is 263 g/mol. The van der Waals surface area contributed by atoms with E-state index in [9.17, 15) is 8.78 Å². The van der Waals surface area contributed by atoms with E-state index in [1.54, 1.807) is 12.1 Å². The quantitative estimate of drug-likeness (QED) is 0.845. The summed E-state index contributed by atoms with van der Waals surface area (Å²) in [6.07, 6.45) is 0. The Kier molecular flexibility index (Phi) is 2.83. The van der Waals surface area contributed by atoms with E-state index in [1.807, 2.05) is 0 Å². The zero-order valence-electron chi connectivity index (χ0n) is 9.95. The van der Waals surface area contributed by atoms with Gasteiger partial charge < -0.3 is 15.2 Å². The Morgan fingerprint density at radius 3 is 2.47 bits per heavy atom. The predicted octanol–water partition coefficient (Wildman–Crippen LogP) is 3.37. The first-order valence-corrected chi connectivity index (χ1v) is 5.75. The van der Waals surface area contributed by atoms with Gasteiger partial charge >= 0.3 is 0 Å². The smallest absolute Gasteiger partial charge is 0.168 e. The fraction of sp³-hybridized carbons (Fsp3) is 0.143. The highest BCUT2D eigenvalue weighted by atomic mass is 19.1. The summed E-state index contributed by atoms with van der Waals surface area (Å²) in [6, 6.07) is 6.60. The van der Waals surface area contributed by atoms with Gasteiger partial charge in [0.2, 0.25) is 0 Å². The second kappa shape index (κ2) is 4.51. The number of fused-ring (bicyclic) bond motifs is 1. The molecule has 0 aliphatic carbocycles. The van der Waals surface area contributed by atoms with Gasteiger partial charge in [-0.15, -0.1) is 0 Å². The molecule has 1 aliphatic rings. The van der Waals surface area contributed by atoms with Crippen molar-refractivity contribution in [2.45, 2.75) is 13.2 Å². The van der Waals surface area contributed by atoms with Gasteiger partial charge in [0, 0.05) is 6.07 Å². The van der Waals surface area contributed by atoms with E-state index < -0.39 is 11.6 Å². The van der Waals surface area contributed by atoms with Gasteiger partial charge in [-0.05, 0) is 35.4 Å². The normalized spacial score (nSPS) is 13.4. The highest BCUT2D eigenvalue weighted by Crippen LogP contribution is 2.34. The Balaban J connectivity index is 1.95. The minimum Gasteiger partial charge on any atom is -0.452 e. The third-order valence-corrected chi connectivity index (χ3v) is 2.96. The fourth-order valence-electron chi connectivity index (χ4n) is 1.99. The predicted molar refractivity (Wildman–Crippen MR) is 65.8 cm³/mol. The molecule has 1 aliphatic heterocycles. The number of halogens is 2. The SMILES string of the molecule is Nc1cc2c(cc1Oc1ccc(F)cc1F)COC2. The molecule has 0 aromatic heterocycles. The summed E-state index contributed by atoms with van der Waals surface area (Å²) in [4.78, 5) is 0. The van der Waals surface area contributed by atoms with Crippen LogP contribution in [0.15, 0.2) is 30.3 Å². The van der Waals surface area contributed by atoms with Gasteiger partial charge in [-0.2, -0.15) is 0 Å². The third-order valence-electron chi connectivity index (χ3n) is 2.96. The van der Waals surface area contributed by atoms with Gasteiger partial charge in [-0.25, -0.2) is 8.78 Å².